The largest absolute Gasteiger partial charge is 0.384 e. The van der Waals surface area contributed by atoms with Gasteiger partial charge in [0.15, 0.2) is 0 Å². The average Bonchev–Trinajstić information content (AvgIpc) is 2.52. The van der Waals surface area contributed by atoms with Crippen molar-refractivity contribution in [3.63, 3.8) is 0 Å². The lowest BCUT2D eigenvalue weighted by atomic mass is 9.92. The summed E-state index contributed by atoms with van der Waals surface area (Å²) in [7, 11) is 1.79. The quantitative estimate of drug-likeness (QED) is 0.772. The summed E-state index contributed by atoms with van der Waals surface area (Å²) in [5.41, 5.74) is 0.337. The van der Waals surface area contributed by atoms with Crippen LogP contribution in [0.25, 0.3) is 0 Å². The Labute approximate surface area is 107 Å². The Morgan fingerprint density at radius 3 is 2.65 bits per heavy atom. The Kier molecular flexibility index (Phi) is 6.45. The van der Waals surface area contributed by atoms with E-state index in [9.17, 15) is 0 Å². The molecule has 1 rings (SSSR count). The van der Waals surface area contributed by atoms with Crippen LogP contribution in [0.3, 0.4) is 0 Å². The molecule has 102 valence electrons. The number of ether oxygens (including phenoxy) is 1. The molecule has 0 saturated carbocycles. The third kappa shape index (κ3) is 4.57. The van der Waals surface area contributed by atoms with Crippen LogP contribution in [0.2, 0.25) is 0 Å². The van der Waals surface area contributed by atoms with E-state index < -0.39 is 0 Å². The van der Waals surface area contributed by atoms with Gasteiger partial charge in [0, 0.05) is 32.3 Å². The third-order valence-corrected chi connectivity index (χ3v) is 4.05. The van der Waals surface area contributed by atoms with E-state index in [0.717, 1.165) is 19.7 Å². The maximum Gasteiger partial charge on any atom is 0.0500 e. The van der Waals surface area contributed by atoms with Gasteiger partial charge in [-0.25, -0.2) is 0 Å². The maximum atomic E-state index is 5.24. The summed E-state index contributed by atoms with van der Waals surface area (Å²) in [6.07, 6.45) is 3.71. The van der Waals surface area contributed by atoms with Gasteiger partial charge in [0.1, 0.15) is 0 Å². The van der Waals surface area contributed by atoms with Crippen molar-refractivity contribution in [1.29, 1.82) is 0 Å². The highest BCUT2D eigenvalue weighted by Crippen LogP contribution is 2.20. The summed E-state index contributed by atoms with van der Waals surface area (Å²) < 4.78 is 5.24. The molecule has 0 bridgehead atoms. The molecule has 0 aromatic carbocycles. The number of nitrogens with zero attached hydrogens (tertiary/aromatic N) is 1. The lowest BCUT2D eigenvalue weighted by molar-refractivity contribution is 0.117. The van der Waals surface area contributed by atoms with E-state index in [1.807, 2.05) is 0 Å². The predicted octanol–water partition coefficient (Wildman–Crippen LogP) is 2.12. The van der Waals surface area contributed by atoms with Crippen LogP contribution in [0, 0.1) is 5.92 Å². The number of nitrogens with one attached hydrogen (secondary N) is 1. The Hall–Kier alpha value is -0.120. The number of rotatable bonds is 6. The molecule has 1 aliphatic heterocycles. The van der Waals surface area contributed by atoms with Gasteiger partial charge >= 0.3 is 0 Å². The Morgan fingerprint density at radius 1 is 1.35 bits per heavy atom. The molecule has 3 heteroatoms. The van der Waals surface area contributed by atoms with Crippen molar-refractivity contribution in [2.45, 2.75) is 45.6 Å². The van der Waals surface area contributed by atoms with Crippen molar-refractivity contribution < 1.29 is 4.74 Å². The van der Waals surface area contributed by atoms with Gasteiger partial charge < -0.3 is 15.0 Å². The van der Waals surface area contributed by atoms with Crippen molar-refractivity contribution in [1.82, 2.24) is 10.2 Å². The van der Waals surface area contributed by atoms with E-state index in [1.54, 1.807) is 7.11 Å². The molecular formula is C14H30N2O. The zero-order valence-corrected chi connectivity index (χ0v) is 12.1. The zero-order chi connectivity index (χ0) is 12.7. The van der Waals surface area contributed by atoms with Gasteiger partial charge in [-0.1, -0.05) is 20.8 Å². The fourth-order valence-electron chi connectivity index (χ4n) is 2.88. The van der Waals surface area contributed by atoms with Crippen molar-refractivity contribution in [3.8, 4) is 0 Å². The molecular weight excluding hydrogens is 212 g/mol. The van der Waals surface area contributed by atoms with E-state index in [1.165, 1.54) is 32.4 Å². The molecule has 1 fully saturated rings. The summed E-state index contributed by atoms with van der Waals surface area (Å²) in [6.45, 7) is 12.5. The van der Waals surface area contributed by atoms with Gasteiger partial charge in [0.2, 0.25) is 0 Å². The molecule has 0 radical (unpaired) electrons. The normalized spacial score (nSPS) is 23.3. The Morgan fingerprint density at radius 2 is 2.06 bits per heavy atom. The van der Waals surface area contributed by atoms with Crippen LogP contribution < -0.4 is 5.32 Å². The fraction of sp³-hybridized carbons (Fsp3) is 1.00. The van der Waals surface area contributed by atoms with Crippen LogP contribution in [0.1, 0.15) is 40.0 Å². The third-order valence-electron chi connectivity index (χ3n) is 4.05. The molecule has 1 saturated heterocycles. The summed E-state index contributed by atoms with van der Waals surface area (Å²) in [5, 5.41) is 3.76. The van der Waals surface area contributed by atoms with E-state index in [-0.39, 0.29) is 0 Å². The molecule has 17 heavy (non-hydrogen) atoms. The maximum absolute atomic E-state index is 5.24. The van der Waals surface area contributed by atoms with Gasteiger partial charge in [0.25, 0.3) is 0 Å². The number of hydrogen-bond donors (Lipinski definition) is 1. The summed E-state index contributed by atoms with van der Waals surface area (Å²) in [5.74, 6) is 0.629. The van der Waals surface area contributed by atoms with E-state index in [2.05, 4.69) is 31.0 Å². The lowest BCUT2D eigenvalue weighted by Crippen LogP contribution is -2.51. The van der Waals surface area contributed by atoms with Crippen molar-refractivity contribution in [3.05, 3.63) is 0 Å². The van der Waals surface area contributed by atoms with Crippen molar-refractivity contribution >= 4 is 0 Å². The van der Waals surface area contributed by atoms with Gasteiger partial charge in [-0.05, 0) is 38.3 Å². The highest BCUT2D eigenvalue weighted by Gasteiger charge is 2.30. The van der Waals surface area contributed by atoms with Crippen LogP contribution in [-0.4, -0.2) is 50.3 Å². The highest BCUT2D eigenvalue weighted by atomic mass is 16.5. The molecule has 1 N–H and O–H groups in total. The first kappa shape index (κ1) is 14.9. The van der Waals surface area contributed by atoms with Crippen LogP contribution in [-0.2, 0) is 4.74 Å². The van der Waals surface area contributed by atoms with Crippen LogP contribution in [0.4, 0.5) is 0 Å². The SMILES string of the molecule is CCC1(CC)CN(CC(C)COC)CCCN1. The van der Waals surface area contributed by atoms with Crippen LogP contribution in [0.5, 0.6) is 0 Å². The lowest BCUT2D eigenvalue weighted by Gasteiger charge is -2.36. The Bertz CT molecular complexity index is 204. The molecule has 0 aromatic heterocycles. The molecule has 0 aliphatic carbocycles. The van der Waals surface area contributed by atoms with Crippen molar-refractivity contribution in [2.75, 3.05) is 39.9 Å². The highest BCUT2D eigenvalue weighted by molar-refractivity contribution is 4.91. The summed E-state index contributed by atoms with van der Waals surface area (Å²) >= 11 is 0. The molecule has 1 heterocycles. The number of hydrogen-bond acceptors (Lipinski definition) is 3. The van der Waals surface area contributed by atoms with Crippen LogP contribution in [0.15, 0.2) is 0 Å². The van der Waals surface area contributed by atoms with E-state index in [0.29, 0.717) is 11.5 Å². The van der Waals surface area contributed by atoms with Gasteiger partial charge in [0.05, 0.1) is 0 Å². The van der Waals surface area contributed by atoms with Crippen molar-refractivity contribution in [2.24, 2.45) is 5.92 Å². The van der Waals surface area contributed by atoms with E-state index >= 15 is 0 Å². The first-order valence-electron chi connectivity index (χ1n) is 7.12. The van der Waals surface area contributed by atoms with Gasteiger partial charge in [-0.15, -0.1) is 0 Å². The molecule has 1 atom stereocenters. The monoisotopic (exact) mass is 242 g/mol. The second-order valence-electron chi connectivity index (χ2n) is 5.56. The molecule has 1 unspecified atom stereocenters. The molecule has 0 spiro atoms. The van der Waals surface area contributed by atoms with Crippen LogP contribution >= 0.6 is 0 Å². The first-order valence-corrected chi connectivity index (χ1v) is 7.12. The molecule has 0 amide bonds. The predicted molar refractivity (Wildman–Crippen MR) is 73.4 cm³/mol. The minimum absolute atomic E-state index is 0.337. The molecule has 0 aromatic rings. The minimum Gasteiger partial charge on any atom is -0.384 e. The summed E-state index contributed by atoms with van der Waals surface area (Å²) in [6, 6.07) is 0. The number of methoxy groups -OCH3 is 1. The Balaban J connectivity index is 2.53. The standard InChI is InChI=1S/C14H30N2O/c1-5-14(6-2)12-16(9-7-8-15-14)10-13(3)11-17-4/h13,15H,5-12H2,1-4H3. The smallest absolute Gasteiger partial charge is 0.0500 e. The zero-order valence-electron chi connectivity index (χ0n) is 12.1. The topological polar surface area (TPSA) is 24.5 Å². The second-order valence-corrected chi connectivity index (χ2v) is 5.56. The average molecular weight is 242 g/mol. The minimum atomic E-state index is 0.337. The molecule has 3 nitrogen and oxygen atoms in total. The van der Waals surface area contributed by atoms with Gasteiger partial charge in [-0.2, -0.15) is 0 Å². The van der Waals surface area contributed by atoms with Gasteiger partial charge in [-0.3, -0.25) is 0 Å². The first-order chi connectivity index (χ1) is 8.15. The second kappa shape index (κ2) is 7.34. The van der Waals surface area contributed by atoms with E-state index in [4.69, 9.17) is 4.74 Å². The summed E-state index contributed by atoms with van der Waals surface area (Å²) in [4.78, 5) is 2.62. The molecule has 1 aliphatic rings. The fourth-order valence-corrected chi connectivity index (χ4v) is 2.88.